The SMILES string of the molecule is COC[C@H](CCN1CCC2(CC2)[C@H](O)C1)N1CCN(C(=O)Nc2cccc(Cl)c2)[C@H](C)C1=O. The minimum atomic E-state index is -0.566. The van der Waals surface area contributed by atoms with E-state index in [1.165, 1.54) is 0 Å². The lowest BCUT2D eigenvalue weighted by molar-refractivity contribution is -0.143. The number of benzene rings is 1. The Bertz CT molecular complexity index is 865. The van der Waals surface area contributed by atoms with Gasteiger partial charge in [0.15, 0.2) is 0 Å². The van der Waals surface area contributed by atoms with E-state index in [2.05, 4.69) is 10.2 Å². The van der Waals surface area contributed by atoms with Crippen molar-refractivity contribution >= 4 is 29.2 Å². The van der Waals surface area contributed by atoms with Crippen LogP contribution in [0.2, 0.25) is 5.02 Å². The van der Waals surface area contributed by atoms with Gasteiger partial charge in [0.1, 0.15) is 6.04 Å². The summed E-state index contributed by atoms with van der Waals surface area (Å²) in [6.45, 7) is 5.66. The Morgan fingerprint density at radius 3 is 2.76 bits per heavy atom. The van der Waals surface area contributed by atoms with Crippen LogP contribution in [0.4, 0.5) is 10.5 Å². The third-order valence-corrected chi connectivity index (χ3v) is 7.80. The predicted octanol–water partition coefficient (Wildman–Crippen LogP) is 2.66. The number of amides is 3. The highest BCUT2D eigenvalue weighted by Crippen LogP contribution is 2.53. The Morgan fingerprint density at radius 1 is 1.30 bits per heavy atom. The molecule has 4 rings (SSSR count). The normalized spacial score (nSPS) is 25.9. The molecule has 0 unspecified atom stereocenters. The van der Waals surface area contributed by atoms with E-state index < -0.39 is 6.04 Å². The molecule has 3 amide bonds. The zero-order valence-corrected chi connectivity index (χ0v) is 20.3. The molecule has 0 bridgehead atoms. The zero-order valence-electron chi connectivity index (χ0n) is 19.5. The summed E-state index contributed by atoms with van der Waals surface area (Å²) in [6.07, 6.45) is 3.89. The Hall–Kier alpha value is -1.87. The Labute approximate surface area is 200 Å². The van der Waals surface area contributed by atoms with Crippen molar-refractivity contribution in [3.8, 4) is 0 Å². The number of aliphatic hydroxyl groups excluding tert-OH is 1. The van der Waals surface area contributed by atoms with Crippen LogP contribution in [-0.2, 0) is 9.53 Å². The summed E-state index contributed by atoms with van der Waals surface area (Å²) < 4.78 is 5.44. The number of anilines is 1. The number of carbonyl (C=O) groups is 2. The number of aliphatic hydroxyl groups is 1. The molecule has 182 valence electrons. The number of piperazine rings is 1. The number of rotatable bonds is 7. The topological polar surface area (TPSA) is 85.3 Å². The van der Waals surface area contributed by atoms with Crippen LogP contribution in [0.25, 0.3) is 0 Å². The molecule has 1 saturated carbocycles. The van der Waals surface area contributed by atoms with E-state index in [0.29, 0.717) is 37.0 Å². The first-order valence-electron chi connectivity index (χ1n) is 11.9. The number of piperidine rings is 1. The van der Waals surface area contributed by atoms with E-state index in [1.54, 1.807) is 43.2 Å². The van der Waals surface area contributed by atoms with E-state index in [1.807, 2.05) is 4.90 Å². The molecule has 3 aliphatic rings. The standard InChI is InChI=1S/C24H35ClN4O4/c1-17-22(31)29(13-12-28(17)23(32)26-19-5-3-4-18(25)14-19)20(16-33-2)6-10-27-11-9-24(7-8-24)21(30)15-27/h3-5,14,17,20-21,30H,6-13,15-16H2,1-2H3,(H,26,32)/t17-,20+,21-/m1/s1. The predicted molar refractivity (Wildman–Crippen MR) is 127 cm³/mol. The molecule has 2 saturated heterocycles. The quantitative estimate of drug-likeness (QED) is 0.629. The van der Waals surface area contributed by atoms with Crippen LogP contribution in [0, 0.1) is 5.41 Å². The van der Waals surface area contributed by atoms with Crippen molar-refractivity contribution in [2.75, 3.05) is 51.8 Å². The highest BCUT2D eigenvalue weighted by molar-refractivity contribution is 6.30. The second-order valence-corrected chi connectivity index (χ2v) is 10.1. The third kappa shape index (κ3) is 5.45. The highest BCUT2D eigenvalue weighted by Gasteiger charge is 2.51. The molecule has 3 atom stereocenters. The van der Waals surface area contributed by atoms with Crippen molar-refractivity contribution in [2.24, 2.45) is 5.41 Å². The molecule has 1 aliphatic carbocycles. The van der Waals surface area contributed by atoms with Gasteiger partial charge in [-0.15, -0.1) is 0 Å². The molecular weight excluding hydrogens is 444 g/mol. The molecule has 1 aromatic carbocycles. The van der Waals surface area contributed by atoms with Gasteiger partial charge in [-0.3, -0.25) is 4.79 Å². The summed E-state index contributed by atoms with van der Waals surface area (Å²) in [5.74, 6) is -0.0693. The second-order valence-electron chi connectivity index (χ2n) is 9.67. The minimum absolute atomic E-state index is 0.0583. The van der Waals surface area contributed by atoms with Gasteiger partial charge < -0.3 is 29.9 Å². The van der Waals surface area contributed by atoms with E-state index in [0.717, 1.165) is 38.8 Å². The lowest BCUT2D eigenvalue weighted by Crippen LogP contribution is -2.61. The largest absolute Gasteiger partial charge is 0.391 e. The summed E-state index contributed by atoms with van der Waals surface area (Å²) in [5, 5.41) is 13.9. The van der Waals surface area contributed by atoms with E-state index in [9.17, 15) is 14.7 Å². The number of hydrogen-bond acceptors (Lipinski definition) is 5. The molecule has 2 aliphatic heterocycles. The molecule has 3 fully saturated rings. The maximum absolute atomic E-state index is 13.2. The summed E-state index contributed by atoms with van der Waals surface area (Å²) in [5.41, 5.74) is 0.791. The molecule has 2 heterocycles. The van der Waals surface area contributed by atoms with Gasteiger partial charge in [0.2, 0.25) is 5.91 Å². The Morgan fingerprint density at radius 2 is 2.09 bits per heavy atom. The van der Waals surface area contributed by atoms with Crippen molar-refractivity contribution in [3.63, 3.8) is 0 Å². The number of hydrogen-bond donors (Lipinski definition) is 2. The van der Waals surface area contributed by atoms with Gasteiger partial charge >= 0.3 is 6.03 Å². The van der Waals surface area contributed by atoms with Crippen LogP contribution >= 0.6 is 11.6 Å². The summed E-state index contributed by atoms with van der Waals surface area (Å²) in [7, 11) is 1.65. The maximum Gasteiger partial charge on any atom is 0.322 e. The molecule has 1 aromatic rings. The Kier molecular flexibility index (Phi) is 7.48. The molecular formula is C24H35ClN4O4. The molecule has 33 heavy (non-hydrogen) atoms. The van der Waals surface area contributed by atoms with Crippen molar-refractivity contribution < 1.29 is 19.4 Å². The van der Waals surface area contributed by atoms with Crippen LogP contribution in [0.5, 0.6) is 0 Å². The fourth-order valence-corrected chi connectivity index (χ4v) is 5.36. The number of carbonyl (C=O) groups excluding carboxylic acids is 2. The van der Waals surface area contributed by atoms with Crippen LogP contribution in [0.1, 0.15) is 32.6 Å². The smallest absolute Gasteiger partial charge is 0.322 e. The van der Waals surface area contributed by atoms with Crippen molar-refractivity contribution in [1.82, 2.24) is 14.7 Å². The number of methoxy groups -OCH3 is 1. The van der Waals surface area contributed by atoms with E-state index in [4.69, 9.17) is 16.3 Å². The zero-order chi connectivity index (χ0) is 23.6. The Balaban J connectivity index is 1.32. The summed E-state index contributed by atoms with van der Waals surface area (Å²) in [4.78, 5) is 31.8. The lowest BCUT2D eigenvalue weighted by atomic mass is 9.90. The van der Waals surface area contributed by atoms with Gasteiger partial charge in [-0.05, 0) is 62.8 Å². The average molecular weight is 479 g/mol. The lowest BCUT2D eigenvalue weighted by Gasteiger charge is -2.43. The number of ether oxygens (including phenoxy) is 1. The van der Waals surface area contributed by atoms with Crippen LogP contribution in [0.3, 0.4) is 0 Å². The second kappa shape index (κ2) is 10.2. The first-order chi connectivity index (χ1) is 15.8. The van der Waals surface area contributed by atoms with E-state index in [-0.39, 0.29) is 29.5 Å². The van der Waals surface area contributed by atoms with Crippen molar-refractivity contribution in [3.05, 3.63) is 29.3 Å². The summed E-state index contributed by atoms with van der Waals surface area (Å²) in [6, 6.07) is 6.03. The highest BCUT2D eigenvalue weighted by atomic mass is 35.5. The average Bonchev–Trinajstić information content (AvgIpc) is 3.56. The summed E-state index contributed by atoms with van der Waals surface area (Å²) >= 11 is 6.01. The number of urea groups is 1. The maximum atomic E-state index is 13.2. The van der Waals surface area contributed by atoms with Crippen LogP contribution < -0.4 is 5.32 Å². The van der Waals surface area contributed by atoms with Crippen molar-refractivity contribution in [2.45, 2.75) is 50.8 Å². The van der Waals surface area contributed by atoms with Gasteiger partial charge in [-0.1, -0.05) is 17.7 Å². The molecule has 1 spiro atoms. The molecule has 8 nitrogen and oxygen atoms in total. The van der Waals surface area contributed by atoms with Crippen LogP contribution in [-0.4, -0.2) is 96.4 Å². The fourth-order valence-electron chi connectivity index (χ4n) is 5.17. The third-order valence-electron chi connectivity index (χ3n) is 7.56. The van der Waals surface area contributed by atoms with Crippen molar-refractivity contribution in [1.29, 1.82) is 0 Å². The first kappa shape index (κ1) is 24.3. The number of nitrogens with one attached hydrogen (secondary N) is 1. The van der Waals surface area contributed by atoms with Gasteiger partial charge in [0.25, 0.3) is 0 Å². The van der Waals surface area contributed by atoms with Gasteiger partial charge in [0.05, 0.1) is 18.8 Å². The van der Waals surface area contributed by atoms with E-state index >= 15 is 0 Å². The molecule has 9 heteroatoms. The minimum Gasteiger partial charge on any atom is -0.391 e. The molecule has 0 radical (unpaired) electrons. The van der Waals surface area contributed by atoms with Gasteiger partial charge in [-0.2, -0.15) is 0 Å². The molecule has 0 aromatic heterocycles. The fraction of sp³-hybridized carbons (Fsp3) is 0.667. The number of halogens is 1. The monoisotopic (exact) mass is 478 g/mol. The van der Waals surface area contributed by atoms with Gasteiger partial charge in [0, 0.05) is 44.0 Å². The molecule has 2 N–H and O–H groups in total. The number of nitrogens with zero attached hydrogens (tertiary/aromatic N) is 3. The number of likely N-dealkylation sites (tertiary alicyclic amines) is 1. The van der Waals surface area contributed by atoms with Gasteiger partial charge in [-0.25, -0.2) is 4.79 Å². The first-order valence-corrected chi connectivity index (χ1v) is 12.2. The van der Waals surface area contributed by atoms with Crippen LogP contribution in [0.15, 0.2) is 24.3 Å². The number of β-amino-alcohol motifs (C(OH)–C–C–N with tert-alkyl or cyclic N) is 1.